The summed E-state index contributed by atoms with van der Waals surface area (Å²) in [5.41, 5.74) is 1.59. The second kappa shape index (κ2) is 4.92. The lowest BCUT2D eigenvalue weighted by Crippen LogP contribution is -2.34. The Morgan fingerprint density at radius 3 is 3.05 bits per heavy atom. The van der Waals surface area contributed by atoms with Crippen molar-refractivity contribution in [1.29, 1.82) is 0 Å². The second-order valence-corrected chi connectivity index (χ2v) is 5.44. The Morgan fingerprint density at radius 2 is 2.30 bits per heavy atom. The molecule has 3 rings (SSSR count). The maximum Gasteiger partial charge on any atom is 0.251 e. The first kappa shape index (κ1) is 13.1. The minimum Gasteiger partial charge on any atom is -0.361 e. The van der Waals surface area contributed by atoms with E-state index in [9.17, 15) is 4.79 Å². The van der Waals surface area contributed by atoms with E-state index in [-0.39, 0.29) is 12.0 Å². The fourth-order valence-corrected chi connectivity index (χ4v) is 2.36. The lowest BCUT2D eigenvalue weighted by molar-refractivity contribution is -0.137. The predicted molar refractivity (Wildman–Crippen MR) is 75.5 cm³/mol. The van der Waals surface area contributed by atoms with E-state index in [2.05, 4.69) is 10.3 Å². The SMILES string of the molecule is CC1(C)OCC(CNC(=O)c2ccc3cc[nH]c3c2)O1. The third kappa shape index (κ3) is 2.69. The number of fused-ring (bicyclic) bond motifs is 1. The third-order valence-electron chi connectivity index (χ3n) is 3.37. The van der Waals surface area contributed by atoms with Crippen LogP contribution in [-0.4, -0.2) is 35.9 Å². The van der Waals surface area contributed by atoms with Crippen molar-refractivity contribution in [3.63, 3.8) is 0 Å². The molecular weight excluding hydrogens is 256 g/mol. The van der Waals surface area contributed by atoms with Gasteiger partial charge >= 0.3 is 0 Å². The first-order valence-corrected chi connectivity index (χ1v) is 6.71. The maximum absolute atomic E-state index is 12.1. The molecule has 1 fully saturated rings. The van der Waals surface area contributed by atoms with Gasteiger partial charge in [0.1, 0.15) is 6.10 Å². The molecule has 0 radical (unpaired) electrons. The van der Waals surface area contributed by atoms with E-state index in [0.29, 0.717) is 18.7 Å². The Bertz CT molecular complexity index is 633. The van der Waals surface area contributed by atoms with Gasteiger partial charge in [-0.1, -0.05) is 6.07 Å². The molecular formula is C15H18N2O3. The monoisotopic (exact) mass is 274 g/mol. The average Bonchev–Trinajstić information content (AvgIpc) is 3.01. The van der Waals surface area contributed by atoms with Crippen LogP contribution in [0.15, 0.2) is 30.5 Å². The molecule has 1 aliphatic rings. The van der Waals surface area contributed by atoms with Crippen molar-refractivity contribution in [3.05, 3.63) is 36.0 Å². The first-order valence-electron chi connectivity index (χ1n) is 6.71. The van der Waals surface area contributed by atoms with Crippen molar-refractivity contribution < 1.29 is 14.3 Å². The number of H-pyrrole nitrogens is 1. The highest BCUT2D eigenvalue weighted by Crippen LogP contribution is 2.21. The van der Waals surface area contributed by atoms with E-state index >= 15 is 0 Å². The minimum absolute atomic E-state index is 0.0943. The van der Waals surface area contributed by atoms with Crippen LogP contribution in [0.1, 0.15) is 24.2 Å². The maximum atomic E-state index is 12.1. The van der Waals surface area contributed by atoms with E-state index in [1.807, 2.05) is 44.3 Å². The van der Waals surface area contributed by atoms with Crippen molar-refractivity contribution in [2.24, 2.45) is 0 Å². The number of hydrogen-bond acceptors (Lipinski definition) is 3. The Kier molecular flexibility index (Phi) is 3.23. The summed E-state index contributed by atoms with van der Waals surface area (Å²) in [7, 11) is 0. The molecule has 20 heavy (non-hydrogen) atoms. The highest BCUT2D eigenvalue weighted by molar-refractivity contribution is 5.97. The minimum atomic E-state index is -0.557. The van der Waals surface area contributed by atoms with Crippen molar-refractivity contribution in [1.82, 2.24) is 10.3 Å². The van der Waals surface area contributed by atoms with Crippen molar-refractivity contribution >= 4 is 16.8 Å². The summed E-state index contributed by atoms with van der Waals surface area (Å²) < 4.78 is 11.1. The van der Waals surface area contributed by atoms with Gasteiger partial charge in [-0.15, -0.1) is 0 Å². The van der Waals surface area contributed by atoms with Crippen LogP contribution in [-0.2, 0) is 9.47 Å². The Hall–Kier alpha value is -1.85. The molecule has 0 aliphatic carbocycles. The zero-order valence-corrected chi connectivity index (χ0v) is 11.6. The predicted octanol–water partition coefficient (Wildman–Crippen LogP) is 2.05. The summed E-state index contributed by atoms with van der Waals surface area (Å²) in [5, 5.41) is 3.97. The van der Waals surface area contributed by atoms with Gasteiger partial charge in [-0.05, 0) is 37.4 Å². The molecule has 1 saturated heterocycles. The molecule has 1 unspecified atom stereocenters. The first-order chi connectivity index (χ1) is 9.53. The molecule has 5 heteroatoms. The normalized spacial score (nSPS) is 21.2. The van der Waals surface area contributed by atoms with Gasteiger partial charge in [-0.3, -0.25) is 4.79 Å². The number of rotatable bonds is 3. The summed E-state index contributed by atoms with van der Waals surface area (Å²) in [6.07, 6.45) is 1.76. The van der Waals surface area contributed by atoms with Crippen LogP contribution in [0.2, 0.25) is 0 Å². The Labute approximate surface area is 117 Å². The molecule has 2 aromatic rings. The van der Waals surface area contributed by atoms with Crippen LogP contribution in [0.5, 0.6) is 0 Å². The molecule has 5 nitrogen and oxygen atoms in total. The summed E-state index contributed by atoms with van der Waals surface area (Å²) in [4.78, 5) is 15.2. The molecule has 1 amide bonds. The molecule has 1 atom stereocenters. The molecule has 1 aromatic carbocycles. The van der Waals surface area contributed by atoms with Gasteiger partial charge in [0.05, 0.1) is 6.61 Å². The van der Waals surface area contributed by atoms with Crippen molar-refractivity contribution in [2.75, 3.05) is 13.2 Å². The van der Waals surface area contributed by atoms with E-state index in [4.69, 9.17) is 9.47 Å². The number of benzene rings is 1. The number of ether oxygens (including phenoxy) is 2. The molecule has 106 valence electrons. The van der Waals surface area contributed by atoms with Gasteiger partial charge in [0.2, 0.25) is 0 Å². The number of carbonyl (C=O) groups is 1. The molecule has 2 N–H and O–H groups in total. The number of amides is 1. The van der Waals surface area contributed by atoms with Gasteiger partial charge < -0.3 is 19.8 Å². The van der Waals surface area contributed by atoms with Crippen molar-refractivity contribution in [2.45, 2.75) is 25.7 Å². The number of hydrogen-bond donors (Lipinski definition) is 2. The highest BCUT2D eigenvalue weighted by Gasteiger charge is 2.32. The lowest BCUT2D eigenvalue weighted by atomic mass is 10.1. The van der Waals surface area contributed by atoms with Crippen molar-refractivity contribution in [3.8, 4) is 0 Å². The fourth-order valence-electron chi connectivity index (χ4n) is 2.36. The summed E-state index contributed by atoms with van der Waals surface area (Å²) in [6.45, 7) is 4.69. The third-order valence-corrected chi connectivity index (χ3v) is 3.37. The van der Waals surface area contributed by atoms with Gasteiger partial charge in [-0.2, -0.15) is 0 Å². The van der Waals surface area contributed by atoms with E-state index in [0.717, 1.165) is 10.9 Å². The van der Waals surface area contributed by atoms with Crippen LogP contribution in [0.3, 0.4) is 0 Å². The van der Waals surface area contributed by atoms with Gasteiger partial charge in [-0.25, -0.2) is 0 Å². The Morgan fingerprint density at radius 1 is 1.45 bits per heavy atom. The van der Waals surface area contributed by atoms with Crippen LogP contribution < -0.4 is 5.32 Å². The zero-order valence-electron chi connectivity index (χ0n) is 11.6. The smallest absolute Gasteiger partial charge is 0.251 e. The molecule has 0 bridgehead atoms. The van der Waals surface area contributed by atoms with Crippen LogP contribution in [0, 0.1) is 0 Å². The molecule has 1 aromatic heterocycles. The summed E-state index contributed by atoms with van der Waals surface area (Å²) >= 11 is 0. The van der Waals surface area contributed by atoms with Gasteiger partial charge in [0.15, 0.2) is 5.79 Å². The number of nitrogens with one attached hydrogen (secondary N) is 2. The van der Waals surface area contributed by atoms with Gasteiger partial charge in [0.25, 0.3) is 5.91 Å². The van der Waals surface area contributed by atoms with Crippen LogP contribution in [0.4, 0.5) is 0 Å². The molecule has 0 spiro atoms. The average molecular weight is 274 g/mol. The second-order valence-electron chi connectivity index (χ2n) is 5.44. The van der Waals surface area contributed by atoms with Gasteiger partial charge in [0, 0.05) is 23.8 Å². The number of aromatic nitrogens is 1. The van der Waals surface area contributed by atoms with E-state index in [1.54, 1.807) is 0 Å². The standard InChI is InChI=1S/C15H18N2O3/c1-15(2)19-9-12(20-15)8-17-14(18)11-4-3-10-5-6-16-13(10)7-11/h3-7,12,16H,8-9H2,1-2H3,(H,17,18). The fraction of sp³-hybridized carbons (Fsp3) is 0.400. The van der Waals surface area contributed by atoms with Crippen LogP contribution in [0.25, 0.3) is 10.9 Å². The lowest BCUT2D eigenvalue weighted by Gasteiger charge is -2.17. The largest absolute Gasteiger partial charge is 0.361 e. The summed E-state index contributed by atoms with van der Waals surface area (Å²) in [6, 6.07) is 7.57. The topological polar surface area (TPSA) is 63.3 Å². The summed E-state index contributed by atoms with van der Waals surface area (Å²) in [5.74, 6) is -0.659. The highest BCUT2D eigenvalue weighted by atomic mass is 16.7. The zero-order chi connectivity index (χ0) is 14.2. The van der Waals surface area contributed by atoms with E-state index in [1.165, 1.54) is 0 Å². The number of carbonyl (C=O) groups excluding carboxylic acids is 1. The van der Waals surface area contributed by atoms with E-state index < -0.39 is 5.79 Å². The quantitative estimate of drug-likeness (QED) is 0.900. The molecule has 0 saturated carbocycles. The molecule has 2 heterocycles. The molecule has 1 aliphatic heterocycles. The Balaban J connectivity index is 1.61. The number of aromatic amines is 1. The van der Waals surface area contributed by atoms with Crippen LogP contribution >= 0.6 is 0 Å².